The van der Waals surface area contributed by atoms with Crippen LogP contribution in [0, 0.1) is 10.1 Å². The van der Waals surface area contributed by atoms with E-state index in [9.17, 15) is 24.5 Å². The van der Waals surface area contributed by atoms with E-state index < -0.39 is 22.8 Å². The number of benzene rings is 1. The molecule has 1 N–H and O–H groups in total. The van der Waals surface area contributed by atoms with Crippen LogP contribution in [-0.4, -0.2) is 34.2 Å². The van der Waals surface area contributed by atoms with Gasteiger partial charge in [-0.05, 0) is 23.8 Å². The monoisotopic (exact) mass is 301 g/mol. The molecule has 8 nitrogen and oxygen atoms in total. The molecule has 0 radical (unpaired) electrons. The summed E-state index contributed by atoms with van der Waals surface area (Å²) in [6.07, 6.45) is 2.63. The molecule has 4 amide bonds. The number of non-ortho nitro benzene ring substituents is 1. The van der Waals surface area contributed by atoms with Gasteiger partial charge in [0, 0.05) is 18.7 Å². The van der Waals surface area contributed by atoms with E-state index in [2.05, 4.69) is 6.58 Å². The predicted molar refractivity (Wildman–Crippen MR) is 76.5 cm³/mol. The van der Waals surface area contributed by atoms with Crippen molar-refractivity contribution >= 4 is 29.6 Å². The molecule has 0 aromatic heterocycles. The lowest BCUT2D eigenvalue weighted by Crippen LogP contribution is -2.54. The van der Waals surface area contributed by atoms with Crippen LogP contribution in [-0.2, 0) is 9.59 Å². The second-order valence-electron chi connectivity index (χ2n) is 4.37. The van der Waals surface area contributed by atoms with E-state index in [4.69, 9.17) is 0 Å². The number of nitrogens with zero attached hydrogens (tertiary/aromatic N) is 2. The molecular formula is C14H11N3O5. The van der Waals surface area contributed by atoms with Gasteiger partial charge in [0.15, 0.2) is 0 Å². The average Bonchev–Trinajstić information content (AvgIpc) is 2.48. The van der Waals surface area contributed by atoms with Gasteiger partial charge in [-0.1, -0.05) is 6.08 Å². The van der Waals surface area contributed by atoms with Crippen molar-refractivity contribution in [2.75, 3.05) is 6.54 Å². The first-order valence-corrected chi connectivity index (χ1v) is 6.18. The van der Waals surface area contributed by atoms with E-state index in [0.29, 0.717) is 5.56 Å². The van der Waals surface area contributed by atoms with E-state index in [1.165, 1.54) is 36.4 Å². The highest BCUT2D eigenvalue weighted by Gasteiger charge is 2.34. The third-order valence-corrected chi connectivity index (χ3v) is 2.91. The Morgan fingerprint density at radius 3 is 2.41 bits per heavy atom. The van der Waals surface area contributed by atoms with E-state index in [1.807, 2.05) is 5.32 Å². The molecule has 0 bridgehead atoms. The molecule has 0 saturated carbocycles. The van der Waals surface area contributed by atoms with Gasteiger partial charge in [0.25, 0.3) is 17.5 Å². The number of hydrogen-bond donors (Lipinski definition) is 1. The van der Waals surface area contributed by atoms with Crippen LogP contribution in [0.3, 0.4) is 0 Å². The lowest BCUT2D eigenvalue weighted by atomic mass is 10.1. The van der Waals surface area contributed by atoms with Crippen LogP contribution >= 0.6 is 0 Å². The first kappa shape index (κ1) is 15.1. The Balaban J connectivity index is 2.34. The van der Waals surface area contributed by atoms with Crippen LogP contribution in [0.1, 0.15) is 5.56 Å². The molecule has 22 heavy (non-hydrogen) atoms. The minimum absolute atomic E-state index is 0.0322. The maximum atomic E-state index is 12.1. The van der Waals surface area contributed by atoms with Crippen LogP contribution in [0.25, 0.3) is 6.08 Å². The zero-order chi connectivity index (χ0) is 16.3. The molecule has 1 aliphatic heterocycles. The molecule has 0 spiro atoms. The van der Waals surface area contributed by atoms with Crippen LogP contribution < -0.4 is 5.32 Å². The Bertz CT molecular complexity index is 706. The third-order valence-electron chi connectivity index (χ3n) is 2.91. The van der Waals surface area contributed by atoms with E-state index in [0.717, 1.165) is 4.90 Å². The lowest BCUT2D eigenvalue weighted by Gasteiger charge is -2.25. The summed E-state index contributed by atoms with van der Waals surface area (Å²) in [5.41, 5.74) is 0.0948. The number of urea groups is 1. The number of barbiturate groups is 1. The molecule has 112 valence electrons. The summed E-state index contributed by atoms with van der Waals surface area (Å²) in [4.78, 5) is 46.3. The molecule has 0 aliphatic carbocycles. The highest BCUT2D eigenvalue weighted by atomic mass is 16.6. The molecular weight excluding hydrogens is 290 g/mol. The van der Waals surface area contributed by atoms with E-state index >= 15 is 0 Å². The SMILES string of the molecule is C=CCN1C(=O)NC(=O)/C(=C/c2ccc([N+](=O)[O-])cc2)C1=O. The number of carbonyl (C=O) groups excluding carboxylic acids is 3. The Morgan fingerprint density at radius 2 is 1.86 bits per heavy atom. The summed E-state index contributed by atoms with van der Waals surface area (Å²) >= 11 is 0. The minimum atomic E-state index is -0.811. The van der Waals surface area contributed by atoms with Crippen molar-refractivity contribution in [1.29, 1.82) is 0 Å². The second kappa shape index (κ2) is 6.00. The van der Waals surface area contributed by atoms with Gasteiger partial charge in [0.05, 0.1) is 4.92 Å². The normalized spacial score (nSPS) is 16.6. The van der Waals surface area contributed by atoms with Crippen LogP contribution in [0.5, 0.6) is 0 Å². The van der Waals surface area contributed by atoms with Crippen LogP contribution in [0.4, 0.5) is 10.5 Å². The molecule has 1 aromatic rings. The molecule has 1 saturated heterocycles. The molecule has 1 heterocycles. The van der Waals surface area contributed by atoms with Crippen LogP contribution in [0.2, 0.25) is 0 Å². The first-order valence-electron chi connectivity index (χ1n) is 6.18. The van der Waals surface area contributed by atoms with Gasteiger partial charge >= 0.3 is 6.03 Å². The zero-order valence-electron chi connectivity index (χ0n) is 11.3. The fourth-order valence-electron chi connectivity index (χ4n) is 1.85. The maximum absolute atomic E-state index is 12.1. The average molecular weight is 301 g/mol. The molecule has 8 heteroatoms. The second-order valence-corrected chi connectivity index (χ2v) is 4.37. The van der Waals surface area contributed by atoms with Gasteiger partial charge in [-0.25, -0.2) is 4.79 Å². The Morgan fingerprint density at radius 1 is 1.23 bits per heavy atom. The lowest BCUT2D eigenvalue weighted by molar-refractivity contribution is -0.384. The number of nitrogens with one attached hydrogen (secondary N) is 1. The number of amides is 4. The molecule has 1 aliphatic rings. The van der Waals surface area contributed by atoms with E-state index in [1.54, 1.807) is 0 Å². The quantitative estimate of drug-likeness (QED) is 0.296. The third kappa shape index (κ3) is 2.90. The summed E-state index contributed by atoms with van der Waals surface area (Å²) in [6.45, 7) is 3.40. The Labute approximate surface area is 124 Å². The number of nitro groups is 1. The summed E-state index contributed by atoms with van der Waals surface area (Å²) in [5, 5.41) is 12.6. The van der Waals surface area contributed by atoms with Gasteiger partial charge in [0.1, 0.15) is 5.57 Å². The summed E-state index contributed by atoms with van der Waals surface area (Å²) in [7, 11) is 0. The topological polar surface area (TPSA) is 110 Å². The van der Waals surface area contributed by atoms with Crippen LogP contribution in [0.15, 0.2) is 42.5 Å². The Hall–Kier alpha value is -3.29. The molecule has 1 aromatic carbocycles. The number of hydrogen-bond acceptors (Lipinski definition) is 5. The van der Waals surface area contributed by atoms with Crippen molar-refractivity contribution in [3.63, 3.8) is 0 Å². The van der Waals surface area contributed by atoms with Gasteiger partial charge in [-0.2, -0.15) is 0 Å². The maximum Gasteiger partial charge on any atom is 0.331 e. The number of carbonyl (C=O) groups is 3. The van der Waals surface area contributed by atoms with Crippen molar-refractivity contribution < 1.29 is 19.3 Å². The zero-order valence-corrected chi connectivity index (χ0v) is 11.3. The van der Waals surface area contributed by atoms with Crippen molar-refractivity contribution in [3.05, 3.63) is 58.2 Å². The Kier molecular flexibility index (Phi) is 4.12. The summed E-state index contributed by atoms with van der Waals surface area (Å²) in [6, 6.07) is 4.50. The minimum Gasteiger partial charge on any atom is -0.273 e. The molecule has 1 fully saturated rings. The van der Waals surface area contributed by atoms with Gasteiger partial charge in [-0.3, -0.25) is 29.9 Å². The van der Waals surface area contributed by atoms with Gasteiger partial charge < -0.3 is 0 Å². The first-order chi connectivity index (χ1) is 10.4. The molecule has 2 rings (SSSR count). The van der Waals surface area contributed by atoms with E-state index in [-0.39, 0.29) is 17.8 Å². The van der Waals surface area contributed by atoms with Crippen molar-refractivity contribution in [1.82, 2.24) is 10.2 Å². The number of rotatable bonds is 4. The fourth-order valence-corrected chi connectivity index (χ4v) is 1.85. The van der Waals surface area contributed by atoms with Crippen molar-refractivity contribution in [3.8, 4) is 0 Å². The van der Waals surface area contributed by atoms with Crippen molar-refractivity contribution in [2.24, 2.45) is 0 Å². The number of imide groups is 2. The van der Waals surface area contributed by atoms with Crippen molar-refractivity contribution in [2.45, 2.75) is 0 Å². The highest BCUT2D eigenvalue weighted by molar-refractivity contribution is 6.31. The smallest absolute Gasteiger partial charge is 0.273 e. The largest absolute Gasteiger partial charge is 0.331 e. The van der Waals surface area contributed by atoms with Gasteiger partial charge in [-0.15, -0.1) is 6.58 Å². The predicted octanol–water partition coefficient (Wildman–Crippen LogP) is 1.24. The highest BCUT2D eigenvalue weighted by Crippen LogP contribution is 2.17. The standard InChI is InChI=1S/C14H11N3O5/c1-2-7-16-13(19)11(12(18)15-14(16)20)8-9-3-5-10(6-4-9)17(21)22/h2-6,8H,1,7H2,(H,15,18,20)/b11-8-. The fraction of sp³-hybridized carbons (Fsp3) is 0.0714. The summed E-state index contributed by atoms with van der Waals surface area (Å²) in [5.74, 6) is -1.55. The summed E-state index contributed by atoms with van der Waals surface area (Å²) < 4.78 is 0. The molecule has 0 atom stereocenters. The number of nitro benzene ring substituents is 1. The molecule has 0 unspecified atom stereocenters. The van der Waals surface area contributed by atoms with Gasteiger partial charge in [0.2, 0.25) is 0 Å².